The maximum Gasteiger partial charge on any atom is 0.317 e. The SMILES string of the molecule is CCNC(=O)N(Cc1cc(NC(=O)c2ccco2)ccc1N(C)C)[C@@H](C)C(C)C. The molecule has 2 aromatic rings. The minimum atomic E-state index is -0.310. The lowest BCUT2D eigenvalue weighted by Crippen LogP contribution is -2.46. The number of rotatable bonds is 8. The van der Waals surface area contributed by atoms with Gasteiger partial charge in [-0.25, -0.2) is 4.79 Å². The second kappa shape index (κ2) is 10.0. The first kappa shape index (κ1) is 22.3. The molecular weight excluding hydrogens is 368 g/mol. The molecule has 0 saturated heterocycles. The number of carbonyl (C=O) groups is 2. The second-order valence-electron chi connectivity index (χ2n) is 7.62. The lowest BCUT2D eigenvalue weighted by Gasteiger charge is -2.33. The van der Waals surface area contributed by atoms with Gasteiger partial charge in [0, 0.05) is 44.6 Å². The number of nitrogens with one attached hydrogen (secondary N) is 2. The molecule has 0 saturated carbocycles. The van der Waals surface area contributed by atoms with E-state index in [9.17, 15) is 9.59 Å². The number of hydrogen-bond acceptors (Lipinski definition) is 4. The zero-order chi connectivity index (χ0) is 21.6. The molecule has 0 bridgehead atoms. The van der Waals surface area contributed by atoms with Gasteiger partial charge >= 0.3 is 6.03 Å². The second-order valence-corrected chi connectivity index (χ2v) is 7.62. The summed E-state index contributed by atoms with van der Waals surface area (Å²) in [6.07, 6.45) is 1.47. The molecule has 1 aromatic carbocycles. The third-order valence-corrected chi connectivity index (χ3v) is 4.95. The Morgan fingerprint density at radius 3 is 2.41 bits per heavy atom. The van der Waals surface area contributed by atoms with Crippen molar-refractivity contribution in [2.45, 2.75) is 40.3 Å². The predicted octanol–water partition coefficient (Wildman–Crippen LogP) is 4.17. The number of benzene rings is 1. The highest BCUT2D eigenvalue weighted by Gasteiger charge is 2.24. The summed E-state index contributed by atoms with van der Waals surface area (Å²) in [4.78, 5) is 28.9. The van der Waals surface area contributed by atoms with Gasteiger partial charge < -0.3 is 24.9 Å². The molecule has 0 aliphatic heterocycles. The maximum atomic E-state index is 12.7. The summed E-state index contributed by atoms with van der Waals surface area (Å²) in [6, 6.07) is 8.96. The minimum Gasteiger partial charge on any atom is -0.459 e. The van der Waals surface area contributed by atoms with Crippen molar-refractivity contribution < 1.29 is 14.0 Å². The Morgan fingerprint density at radius 2 is 1.86 bits per heavy atom. The molecule has 3 amide bonds. The molecule has 0 radical (unpaired) electrons. The Bertz CT molecular complexity index is 815. The number of urea groups is 1. The van der Waals surface area contributed by atoms with E-state index in [0.29, 0.717) is 24.7 Å². The molecule has 7 heteroatoms. The third kappa shape index (κ3) is 5.76. The molecule has 2 N–H and O–H groups in total. The number of carbonyl (C=O) groups excluding carboxylic acids is 2. The fraction of sp³-hybridized carbons (Fsp3) is 0.455. The first-order valence-corrected chi connectivity index (χ1v) is 9.94. The van der Waals surface area contributed by atoms with Crippen LogP contribution in [0.25, 0.3) is 0 Å². The van der Waals surface area contributed by atoms with E-state index in [4.69, 9.17) is 4.42 Å². The standard InChI is InChI=1S/C22H32N4O3/c1-7-23-22(28)26(16(4)15(2)3)14-17-13-18(10-11-19(17)25(5)6)24-21(27)20-9-8-12-29-20/h8-13,15-16H,7,14H2,1-6H3,(H,23,28)(H,24,27)/t16-/m0/s1. The topological polar surface area (TPSA) is 77.8 Å². The molecule has 1 atom stereocenters. The Balaban J connectivity index is 2.33. The van der Waals surface area contributed by atoms with Crippen molar-refractivity contribution in [2.24, 2.45) is 5.92 Å². The van der Waals surface area contributed by atoms with E-state index in [-0.39, 0.29) is 23.7 Å². The molecule has 0 aliphatic rings. The van der Waals surface area contributed by atoms with Crippen LogP contribution in [0.15, 0.2) is 41.0 Å². The molecule has 1 aromatic heterocycles. The van der Waals surface area contributed by atoms with E-state index in [1.54, 1.807) is 12.1 Å². The summed E-state index contributed by atoms with van der Waals surface area (Å²) in [5, 5.41) is 5.77. The van der Waals surface area contributed by atoms with Gasteiger partial charge in [0.1, 0.15) is 0 Å². The highest BCUT2D eigenvalue weighted by atomic mass is 16.3. The Kier molecular flexibility index (Phi) is 7.70. The van der Waals surface area contributed by atoms with E-state index in [0.717, 1.165) is 11.3 Å². The van der Waals surface area contributed by atoms with Gasteiger partial charge in [-0.05, 0) is 55.7 Å². The highest BCUT2D eigenvalue weighted by molar-refractivity contribution is 6.02. The average Bonchev–Trinajstić information content (AvgIpc) is 3.20. The van der Waals surface area contributed by atoms with Crippen LogP contribution in [0.3, 0.4) is 0 Å². The van der Waals surface area contributed by atoms with Crippen molar-refractivity contribution in [3.63, 3.8) is 0 Å². The van der Waals surface area contributed by atoms with Crippen molar-refractivity contribution in [2.75, 3.05) is 30.9 Å². The number of furan rings is 1. The van der Waals surface area contributed by atoms with E-state index < -0.39 is 0 Å². The summed E-state index contributed by atoms with van der Waals surface area (Å²) < 4.78 is 5.16. The molecule has 158 valence electrons. The van der Waals surface area contributed by atoms with E-state index in [2.05, 4.69) is 31.4 Å². The van der Waals surface area contributed by atoms with E-state index in [1.807, 2.05) is 49.0 Å². The summed E-state index contributed by atoms with van der Waals surface area (Å²) in [7, 11) is 3.92. The molecule has 29 heavy (non-hydrogen) atoms. The fourth-order valence-corrected chi connectivity index (χ4v) is 3.02. The van der Waals surface area contributed by atoms with Gasteiger partial charge in [0.25, 0.3) is 5.91 Å². The van der Waals surface area contributed by atoms with Gasteiger partial charge in [-0.2, -0.15) is 0 Å². The third-order valence-electron chi connectivity index (χ3n) is 4.95. The Hall–Kier alpha value is -2.96. The van der Waals surface area contributed by atoms with Gasteiger partial charge in [-0.1, -0.05) is 13.8 Å². The Labute approximate surface area is 173 Å². The first-order chi connectivity index (χ1) is 13.7. The lowest BCUT2D eigenvalue weighted by molar-refractivity contribution is 0.0996. The monoisotopic (exact) mass is 400 g/mol. The Morgan fingerprint density at radius 1 is 1.14 bits per heavy atom. The van der Waals surface area contributed by atoms with Crippen LogP contribution in [0.4, 0.5) is 16.2 Å². The van der Waals surface area contributed by atoms with Crippen LogP contribution in [0.2, 0.25) is 0 Å². The van der Waals surface area contributed by atoms with Crippen LogP contribution < -0.4 is 15.5 Å². The van der Waals surface area contributed by atoms with E-state index >= 15 is 0 Å². The zero-order valence-electron chi connectivity index (χ0n) is 18.2. The molecule has 0 spiro atoms. The number of nitrogens with zero attached hydrogens (tertiary/aromatic N) is 2. The first-order valence-electron chi connectivity index (χ1n) is 9.94. The van der Waals surface area contributed by atoms with Crippen LogP contribution in [-0.2, 0) is 6.54 Å². The van der Waals surface area contributed by atoms with Gasteiger partial charge in [-0.15, -0.1) is 0 Å². The highest BCUT2D eigenvalue weighted by Crippen LogP contribution is 2.26. The van der Waals surface area contributed by atoms with Crippen LogP contribution in [-0.4, -0.2) is 43.5 Å². The van der Waals surface area contributed by atoms with Crippen molar-refractivity contribution >= 4 is 23.3 Å². The predicted molar refractivity (Wildman–Crippen MR) is 116 cm³/mol. The molecule has 7 nitrogen and oxygen atoms in total. The van der Waals surface area contributed by atoms with Crippen molar-refractivity contribution in [1.29, 1.82) is 0 Å². The minimum absolute atomic E-state index is 0.0536. The van der Waals surface area contributed by atoms with Crippen LogP contribution in [0, 0.1) is 5.92 Å². The quantitative estimate of drug-likeness (QED) is 0.697. The molecular formula is C22H32N4O3. The van der Waals surface area contributed by atoms with Gasteiger partial charge in [0.15, 0.2) is 5.76 Å². The largest absolute Gasteiger partial charge is 0.459 e. The van der Waals surface area contributed by atoms with Crippen LogP contribution >= 0.6 is 0 Å². The number of hydrogen-bond donors (Lipinski definition) is 2. The van der Waals surface area contributed by atoms with Gasteiger partial charge in [0.2, 0.25) is 0 Å². The molecule has 0 aliphatic carbocycles. The summed E-state index contributed by atoms with van der Waals surface area (Å²) in [5.41, 5.74) is 2.59. The van der Waals surface area contributed by atoms with Crippen LogP contribution in [0.5, 0.6) is 0 Å². The molecule has 0 fully saturated rings. The van der Waals surface area contributed by atoms with Gasteiger partial charge in [0.05, 0.1) is 6.26 Å². The smallest absolute Gasteiger partial charge is 0.317 e. The average molecular weight is 401 g/mol. The van der Waals surface area contributed by atoms with Gasteiger partial charge in [-0.3, -0.25) is 4.79 Å². The lowest BCUT2D eigenvalue weighted by atomic mass is 10.0. The van der Waals surface area contributed by atoms with Crippen molar-refractivity contribution in [1.82, 2.24) is 10.2 Å². The molecule has 1 heterocycles. The maximum absolute atomic E-state index is 12.7. The molecule has 0 unspecified atom stereocenters. The summed E-state index contributed by atoms with van der Waals surface area (Å²) >= 11 is 0. The van der Waals surface area contributed by atoms with Crippen LogP contribution in [0.1, 0.15) is 43.8 Å². The number of anilines is 2. The summed E-state index contributed by atoms with van der Waals surface area (Å²) in [5.74, 6) is 0.248. The number of amides is 3. The summed E-state index contributed by atoms with van der Waals surface area (Å²) in [6.45, 7) is 9.17. The zero-order valence-corrected chi connectivity index (χ0v) is 18.2. The van der Waals surface area contributed by atoms with Crippen molar-refractivity contribution in [3.8, 4) is 0 Å². The molecule has 2 rings (SSSR count). The fourth-order valence-electron chi connectivity index (χ4n) is 3.02. The van der Waals surface area contributed by atoms with E-state index in [1.165, 1.54) is 6.26 Å². The normalized spacial score (nSPS) is 11.8. The van der Waals surface area contributed by atoms with Crippen molar-refractivity contribution in [3.05, 3.63) is 47.9 Å².